The quantitative estimate of drug-likeness (QED) is 0.561. The average Bonchev–Trinajstić information content (AvgIpc) is 2.37. The molecule has 0 N–H and O–H groups in total. The highest BCUT2D eigenvalue weighted by molar-refractivity contribution is 5.01. The van der Waals surface area contributed by atoms with E-state index in [4.69, 9.17) is 10.5 Å². The van der Waals surface area contributed by atoms with Crippen LogP contribution in [0.3, 0.4) is 0 Å². The summed E-state index contributed by atoms with van der Waals surface area (Å²) >= 11 is 0. The van der Waals surface area contributed by atoms with Crippen LogP contribution in [0.5, 0.6) is 0 Å². The maximum Gasteiger partial charge on any atom is 0.0690 e. The lowest BCUT2D eigenvalue weighted by Crippen LogP contribution is -2.18. The molecule has 0 aliphatic heterocycles. The fraction of sp³-hybridized carbons (Fsp3) is 0.786. The molecule has 0 heterocycles. The molecule has 3 heteroatoms. The van der Waals surface area contributed by atoms with Crippen molar-refractivity contribution < 1.29 is 0 Å². The minimum absolute atomic E-state index is 0.409. The monoisotopic (exact) mass is 231 g/mol. The molecule has 0 aromatic rings. The summed E-state index contributed by atoms with van der Waals surface area (Å²) in [7, 11) is 0. The average molecular weight is 231 g/mol. The summed E-state index contributed by atoms with van der Waals surface area (Å²) in [6, 6.07) is 6.56. The van der Waals surface area contributed by atoms with E-state index in [0.29, 0.717) is 25.7 Å². The van der Waals surface area contributed by atoms with Gasteiger partial charge in [-0.3, -0.25) is 0 Å². The minimum Gasteiger partial charge on any atom is -0.198 e. The van der Waals surface area contributed by atoms with Gasteiger partial charge in [0.25, 0.3) is 0 Å². The van der Waals surface area contributed by atoms with E-state index in [1.807, 2.05) is 0 Å². The Bertz CT molecular complexity index is 296. The van der Waals surface area contributed by atoms with Crippen LogP contribution in [0.1, 0.15) is 64.7 Å². The molecule has 0 spiro atoms. The van der Waals surface area contributed by atoms with Gasteiger partial charge in [0.15, 0.2) is 0 Å². The molecule has 0 amide bonds. The van der Waals surface area contributed by atoms with Crippen LogP contribution in [0.4, 0.5) is 0 Å². The molecule has 0 saturated heterocycles. The van der Waals surface area contributed by atoms with E-state index in [1.165, 1.54) is 12.8 Å². The second-order valence-corrected chi connectivity index (χ2v) is 4.52. The first kappa shape index (κ1) is 15.5. The first-order valence-electron chi connectivity index (χ1n) is 6.40. The van der Waals surface area contributed by atoms with Gasteiger partial charge >= 0.3 is 0 Å². The summed E-state index contributed by atoms with van der Waals surface area (Å²) < 4.78 is 0. The largest absolute Gasteiger partial charge is 0.198 e. The molecule has 0 unspecified atom stereocenters. The molecule has 0 rings (SSSR count). The van der Waals surface area contributed by atoms with E-state index in [2.05, 4.69) is 25.1 Å². The number of rotatable bonds is 9. The van der Waals surface area contributed by atoms with E-state index >= 15 is 0 Å². The summed E-state index contributed by atoms with van der Waals surface area (Å²) in [5.41, 5.74) is -0.445. The maximum atomic E-state index is 9.32. The molecule has 0 aromatic heterocycles. The molecule has 0 saturated carbocycles. The highest BCUT2D eigenvalue weighted by atomic mass is 14.4. The first-order chi connectivity index (χ1) is 8.24. The van der Waals surface area contributed by atoms with Gasteiger partial charge < -0.3 is 0 Å². The van der Waals surface area contributed by atoms with Crippen LogP contribution in [0.25, 0.3) is 0 Å². The van der Waals surface area contributed by atoms with Crippen LogP contribution < -0.4 is 0 Å². The summed E-state index contributed by atoms with van der Waals surface area (Å²) in [5, 5.41) is 26.6. The van der Waals surface area contributed by atoms with Crippen molar-refractivity contribution in [2.45, 2.75) is 64.7 Å². The van der Waals surface area contributed by atoms with Gasteiger partial charge in [0.2, 0.25) is 0 Å². The Balaban J connectivity index is 4.31. The predicted molar refractivity (Wildman–Crippen MR) is 66.5 cm³/mol. The number of hydrogen-bond acceptors (Lipinski definition) is 3. The van der Waals surface area contributed by atoms with Gasteiger partial charge in [0, 0.05) is 12.8 Å². The van der Waals surface area contributed by atoms with Gasteiger partial charge in [0.1, 0.15) is 0 Å². The van der Waals surface area contributed by atoms with Gasteiger partial charge in [-0.15, -0.1) is 0 Å². The van der Waals surface area contributed by atoms with Crippen molar-refractivity contribution in [3.05, 3.63) is 0 Å². The zero-order valence-corrected chi connectivity index (χ0v) is 10.7. The summed E-state index contributed by atoms with van der Waals surface area (Å²) in [6.45, 7) is 2.16. The van der Waals surface area contributed by atoms with E-state index < -0.39 is 5.41 Å². The molecule has 0 aromatic carbocycles. The Kier molecular flexibility index (Phi) is 8.81. The molecule has 0 bridgehead atoms. The molecule has 0 aliphatic carbocycles. The fourth-order valence-corrected chi connectivity index (χ4v) is 2.02. The van der Waals surface area contributed by atoms with Crippen molar-refractivity contribution >= 4 is 0 Å². The molecule has 0 radical (unpaired) electrons. The summed E-state index contributed by atoms with van der Waals surface area (Å²) in [6.07, 6.45) is 7.39. The Morgan fingerprint density at radius 1 is 0.824 bits per heavy atom. The van der Waals surface area contributed by atoms with Crippen molar-refractivity contribution in [1.82, 2.24) is 0 Å². The maximum absolute atomic E-state index is 9.32. The zero-order valence-electron chi connectivity index (χ0n) is 10.7. The van der Waals surface area contributed by atoms with Gasteiger partial charge in [-0.1, -0.05) is 32.6 Å². The van der Waals surface area contributed by atoms with Gasteiger partial charge in [-0.05, 0) is 19.3 Å². The molecule has 17 heavy (non-hydrogen) atoms. The number of unbranched alkanes of at least 4 members (excludes halogenated alkanes) is 3. The van der Waals surface area contributed by atoms with Crippen LogP contribution >= 0.6 is 0 Å². The van der Waals surface area contributed by atoms with Crippen LogP contribution in [0.15, 0.2) is 0 Å². The molecule has 0 aliphatic rings. The van der Waals surface area contributed by atoms with E-state index in [1.54, 1.807) is 0 Å². The Morgan fingerprint density at radius 2 is 1.41 bits per heavy atom. The van der Waals surface area contributed by atoms with Crippen molar-refractivity contribution in [2.24, 2.45) is 5.41 Å². The first-order valence-corrected chi connectivity index (χ1v) is 6.40. The fourth-order valence-electron chi connectivity index (χ4n) is 2.02. The van der Waals surface area contributed by atoms with Crippen LogP contribution in [-0.4, -0.2) is 0 Å². The third-order valence-electron chi connectivity index (χ3n) is 3.18. The third-order valence-corrected chi connectivity index (χ3v) is 3.18. The smallest absolute Gasteiger partial charge is 0.0690 e. The summed E-state index contributed by atoms with van der Waals surface area (Å²) in [5.74, 6) is 0. The molecular weight excluding hydrogens is 210 g/mol. The second-order valence-electron chi connectivity index (χ2n) is 4.52. The Morgan fingerprint density at radius 3 is 1.82 bits per heavy atom. The third kappa shape index (κ3) is 6.60. The predicted octanol–water partition coefficient (Wildman–Crippen LogP) is 4.07. The highest BCUT2D eigenvalue weighted by Crippen LogP contribution is 2.34. The van der Waals surface area contributed by atoms with E-state index in [9.17, 15) is 5.26 Å². The Labute approximate surface area is 105 Å². The van der Waals surface area contributed by atoms with Crippen LogP contribution in [0.2, 0.25) is 0 Å². The molecule has 92 valence electrons. The molecule has 3 nitrogen and oxygen atoms in total. The molecule has 0 fully saturated rings. The SMILES string of the molecule is CCCCCCC(C#N)(CCC#N)CCC#N. The normalized spacial score (nSPS) is 10.2. The van der Waals surface area contributed by atoms with Gasteiger partial charge in [0.05, 0.1) is 23.6 Å². The summed E-state index contributed by atoms with van der Waals surface area (Å²) in [4.78, 5) is 0. The van der Waals surface area contributed by atoms with Crippen molar-refractivity contribution in [1.29, 1.82) is 15.8 Å². The molecule has 0 atom stereocenters. The van der Waals surface area contributed by atoms with Crippen LogP contribution in [-0.2, 0) is 0 Å². The van der Waals surface area contributed by atoms with Crippen LogP contribution in [0, 0.1) is 39.4 Å². The number of nitrogens with zero attached hydrogens (tertiary/aromatic N) is 3. The lowest BCUT2D eigenvalue weighted by Gasteiger charge is -2.24. The lowest BCUT2D eigenvalue weighted by molar-refractivity contribution is 0.303. The zero-order chi connectivity index (χ0) is 13.0. The van der Waals surface area contributed by atoms with Crippen molar-refractivity contribution in [2.75, 3.05) is 0 Å². The Hall–Kier alpha value is -1.53. The van der Waals surface area contributed by atoms with E-state index in [0.717, 1.165) is 19.3 Å². The van der Waals surface area contributed by atoms with Crippen molar-refractivity contribution in [3.63, 3.8) is 0 Å². The second kappa shape index (κ2) is 9.68. The molecular formula is C14H21N3. The standard InChI is InChI=1S/C14H21N3/c1-2-3-4-5-8-14(13-17,9-6-11-15)10-7-12-16/h2-10H2,1H3. The van der Waals surface area contributed by atoms with Gasteiger partial charge in [-0.2, -0.15) is 15.8 Å². The topological polar surface area (TPSA) is 71.4 Å². The highest BCUT2D eigenvalue weighted by Gasteiger charge is 2.28. The van der Waals surface area contributed by atoms with E-state index in [-0.39, 0.29) is 0 Å². The van der Waals surface area contributed by atoms with Crippen molar-refractivity contribution in [3.8, 4) is 18.2 Å². The van der Waals surface area contributed by atoms with Gasteiger partial charge in [-0.25, -0.2) is 0 Å². The number of hydrogen-bond donors (Lipinski definition) is 0. The lowest BCUT2D eigenvalue weighted by atomic mass is 9.76. The number of nitriles is 3. The minimum atomic E-state index is -0.445.